The van der Waals surface area contributed by atoms with Gasteiger partial charge in [0.2, 0.25) is 5.88 Å². The molecule has 0 bridgehead atoms. The second-order valence-electron chi connectivity index (χ2n) is 5.89. The van der Waals surface area contributed by atoms with Gasteiger partial charge in [0.25, 0.3) is 5.91 Å². The van der Waals surface area contributed by atoms with E-state index in [1.165, 1.54) is 6.20 Å². The highest BCUT2D eigenvalue weighted by Gasteiger charge is 2.28. The molecule has 1 saturated heterocycles. The SMILES string of the molecule is COc1ccc(C(=O)N2CCC(C(=O)c3ccccc3)CC2)cn1. The molecule has 0 aliphatic carbocycles. The van der Waals surface area contributed by atoms with Gasteiger partial charge in [0.1, 0.15) is 0 Å². The molecule has 0 N–H and O–H groups in total. The molecule has 1 aliphatic rings. The Morgan fingerprint density at radius 3 is 2.33 bits per heavy atom. The number of piperidine rings is 1. The van der Waals surface area contributed by atoms with Crippen LogP contribution in [0.25, 0.3) is 0 Å². The van der Waals surface area contributed by atoms with E-state index in [0.717, 1.165) is 5.56 Å². The molecule has 1 aliphatic heterocycles. The van der Waals surface area contributed by atoms with Crippen LogP contribution in [0, 0.1) is 5.92 Å². The average molecular weight is 324 g/mol. The number of hydrogen-bond donors (Lipinski definition) is 0. The number of ether oxygens (including phenoxy) is 1. The maximum atomic E-state index is 12.5. The molecule has 1 amide bonds. The van der Waals surface area contributed by atoms with Crippen LogP contribution in [0.2, 0.25) is 0 Å². The standard InChI is InChI=1S/C19H20N2O3/c1-24-17-8-7-16(13-20-17)19(23)21-11-9-15(10-12-21)18(22)14-5-3-2-4-6-14/h2-8,13,15H,9-12H2,1H3. The van der Waals surface area contributed by atoms with Gasteiger partial charge in [-0.2, -0.15) is 0 Å². The smallest absolute Gasteiger partial charge is 0.255 e. The number of rotatable bonds is 4. The second kappa shape index (κ2) is 7.25. The van der Waals surface area contributed by atoms with Crippen molar-refractivity contribution in [2.45, 2.75) is 12.8 Å². The van der Waals surface area contributed by atoms with Crippen LogP contribution in [-0.4, -0.2) is 41.8 Å². The van der Waals surface area contributed by atoms with Crippen molar-refractivity contribution in [2.24, 2.45) is 5.92 Å². The normalized spacial score (nSPS) is 15.1. The Kier molecular flexibility index (Phi) is 4.89. The molecule has 0 radical (unpaired) electrons. The van der Waals surface area contributed by atoms with Crippen LogP contribution in [0.1, 0.15) is 33.6 Å². The van der Waals surface area contributed by atoms with Crippen molar-refractivity contribution in [2.75, 3.05) is 20.2 Å². The van der Waals surface area contributed by atoms with E-state index in [1.807, 2.05) is 30.3 Å². The number of likely N-dealkylation sites (tertiary alicyclic amines) is 1. The number of amides is 1. The lowest BCUT2D eigenvalue weighted by Crippen LogP contribution is -2.40. The monoisotopic (exact) mass is 324 g/mol. The van der Waals surface area contributed by atoms with E-state index in [4.69, 9.17) is 4.74 Å². The Morgan fingerprint density at radius 1 is 1.04 bits per heavy atom. The number of Topliss-reactive ketones (excluding diaryl/α,β-unsaturated/α-hetero) is 1. The number of hydrogen-bond acceptors (Lipinski definition) is 4. The van der Waals surface area contributed by atoms with Gasteiger partial charge in [-0.15, -0.1) is 0 Å². The minimum atomic E-state index is -0.0456. The van der Waals surface area contributed by atoms with E-state index >= 15 is 0 Å². The number of carbonyl (C=O) groups is 2. The van der Waals surface area contributed by atoms with E-state index < -0.39 is 0 Å². The fraction of sp³-hybridized carbons (Fsp3) is 0.316. The maximum absolute atomic E-state index is 12.5. The topological polar surface area (TPSA) is 59.5 Å². The highest BCUT2D eigenvalue weighted by molar-refractivity contribution is 5.98. The van der Waals surface area contributed by atoms with E-state index in [0.29, 0.717) is 37.4 Å². The van der Waals surface area contributed by atoms with Crippen LogP contribution in [0.4, 0.5) is 0 Å². The summed E-state index contributed by atoms with van der Waals surface area (Å²) in [6, 6.07) is 12.8. The number of methoxy groups -OCH3 is 1. The van der Waals surface area contributed by atoms with Crippen molar-refractivity contribution < 1.29 is 14.3 Å². The van der Waals surface area contributed by atoms with Gasteiger partial charge in [0.15, 0.2) is 5.78 Å². The summed E-state index contributed by atoms with van der Waals surface area (Å²) in [5.41, 5.74) is 1.30. The minimum Gasteiger partial charge on any atom is -0.481 e. The number of benzene rings is 1. The third kappa shape index (κ3) is 3.45. The summed E-state index contributed by atoms with van der Waals surface area (Å²) in [7, 11) is 1.54. The zero-order valence-electron chi connectivity index (χ0n) is 13.6. The highest BCUT2D eigenvalue weighted by atomic mass is 16.5. The molecule has 124 valence electrons. The van der Waals surface area contributed by atoms with Gasteiger partial charge >= 0.3 is 0 Å². The first-order valence-corrected chi connectivity index (χ1v) is 8.07. The quantitative estimate of drug-likeness (QED) is 0.812. The summed E-state index contributed by atoms with van der Waals surface area (Å²) in [4.78, 5) is 30.9. The van der Waals surface area contributed by atoms with Crippen LogP contribution in [0.15, 0.2) is 48.7 Å². The lowest BCUT2D eigenvalue weighted by atomic mass is 9.89. The van der Waals surface area contributed by atoms with Crippen molar-refractivity contribution in [3.05, 3.63) is 59.8 Å². The Labute approximate surface area is 141 Å². The Morgan fingerprint density at radius 2 is 1.75 bits per heavy atom. The second-order valence-corrected chi connectivity index (χ2v) is 5.89. The van der Waals surface area contributed by atoms with E-state index in [2.05, 4.69) is 4.98 Å². The van der Waals surface area contributed by atoms with Gasteiger partial charge in [0.05, 0.1) is 12.7 Å². The van der Waals surface area contributed by atoms with Gasteiger partial charge < -0.3 is 9.64 Å². The third-order valence-corrected chi connectivity index (χ3v) is 4.40. The van der Waals surface area contributed by atoms with Gasteiger partial charge in [0, 0.05) is 36.8 Å². The molecule has 5 heteroatoms. The molecule has 3 rings (SSSR count). The van der Waals surface area contributed by atoms with Crippen molar-refractivity contribution in [1.82, 2.24) is 9.88 Å². The molecule has 1 fully saturated rings. The summed E-state index contributed by atoms with van der Waals surface area (Å²) >= 11 is 0. The first-order chi connectivity index (χ1) is 11.7. The summed E-state index contributed by atoms with van der Waals surface area (Å²) in [6.07, 6.45) is 2.93. The van der Waals surface area contributed by atoms with Gasteiger partial charge in [-0.1, -0.05) is 30.3 Å². The largest absolute Gasteiger partial charge is 0.481 e. The maximum Gasteiger partial charge on any atom is 0.255 e. The first kappa shape index (κ1) is 16.2. The Balaban J connectivity index is 1.60. The van der Waals surface area contributed by atoms with Crippen molar-refractivity contribution in [3.8, 4) is 5.88 Å². The minimum absolute atomic E-state index is 0.00885. The molecular weight excluding hydrogens is 304 g/mol. The van der Waals surface area contributed by atoms with Gasteiger partial charge in [-0.05, 0) is 18.9 Å². The predicted octanol–water partition coefficient (Wildman–Crippen LogP) is 2.83. The van der Waals surface area contributed by atoms with Gasteiger partial charge in [-0.25, -0.2) is 4.98 Å². The lowest BCUT2D eigenvalue weighted by molar-refractivity contribution is 0.0650. The first-order valence-electron chi connectivity index (χ1n) is 8.07. The van der Waals surface area contributed by atoms with Crippen molar-refractivity contribution in [1.29, 1.82) is 0 Å². The number of aromatic nitrogens is 1. The van der Waals surface area contributed by atoms with Crippen LogP contribution in [0.5, 0.6) is 5.88 Å². The molecule has 1 aromatic carbocycles. The van der Waals surface area contributed by atoms with E-state index in [9.17, 15) is 9.59 Å². The number of pyridine rings is 1. The Hall–Kier alpha value is -2.69. The fourth-order valence-corrected chi connectivity index (χ4v) is 2.99. The fourth-order valence-electron chi connectivity index (χ4n) is 2.99. The number of carbonyl (C=O) groups excluding carboxylic acids is 2. The van der Waals surface area contributed by atoms with Gasteiger partial charge in [-0.3, -0.25) is 9.59 Å². The highest BCUT2D eigenvalue weighted by Crippen LogP contribution is 2.23. The summed E-state index contributed by atoms with van der Waals surface area (Å²) < 4.78 is 5.00. The molecule has 2 aromatic rings. The van der Waals surface area contributed by atoms with Crippen LogP contribution in [-0.2, 0) is 0 Å². The molecule has 0 unspecified atom stereocenters. The summed E-state index contributed by atoms with van der Waals surface area (Å²) in [5, 5.41) is 0. The molecule has 24 heavy (non-hydrogen) atoms. The zero-order chi connectivity index (χ0) is 16.9. The van der Waals surface area contributed by atoms with E-state index in [1.54, 1.807) is 24.1 Å². The average Bonchev–Trinajstić information content (AvgIpc) is 2.68. The lowest BCUT2D eigenvalue weighted by Gasteiger charge is -2.31. The summed E-state index contributed by atoms with van der Waals surface area (Å²) in [5.74, 6) is 0.605. The van der Waals surface area contributed by atoms with Crippen molar-refractivity contribution >= 4 is 11.7 Å². The third-order valence-electron chi connectivity index (χ3n) is 4.40. The number of ketones is 1. The summed E-state index contributed by atoms with van der Waals surface area (Å²) in [6.45, 7) is 1.18. The van der Waals surface area contributed by atoms with Crippen LogP contribution < -0.4 is 4.74 Å². The molecule has 0 spiro atoms. The molecule has 1 aromatic heterocycles. The Bertz CT molecular complexity index is 705. The molecule has 0 atom stereocenters. The molecule has 5 nitrogen and oxygen atoms in total. The van der Waals surface area contributed by atoms with Crippen molar-refractivity contribution in [3.63, 3.8) is 0 Å². The van der Waals surface area contributed by atoms with Crippen LogP contribution in [0.3, 0.4) is 0 Å². The molecule has 0 saturated carbocycles. The molecular formula is C19H20N2O3. The number of nitrogens with zero attached hydrogens (tertiary/aromatic N) is 2. The predicted molar refractivity (Wildman–Crippen MR) is 90.2 cm³/mol. The van der Waals surface area contributed by atoms with E-state index in [-0.39, 0.29) is 17.6 Å². The zero-order valence-corrected chi connectivity index (χ0v) is 13.6. The van der Waals surface area contributed by atoms with Crippen LogP contribution >= 0.6 is 0 Å². The molecule has 2 heterocycles.